The maximum atomic E-state index is 14.1. The number of carbonyl (C=O) groups is 1. The van der Waals surface area contributed by atoms with E-state index in [0.29, 0.717) is 41.2 Å². The van der Waals surface area contributed by atoms with Crippen molar-refractivity contribution in [2.45, 2.75) is 36.2 Å². The van der Waals surface area contributed by atoms with Gasteiger partial charge >= 0.3 is 11.8 Å². The molecule has 6 rings (SSSR count). The van der Waals surface area contributed by atoms with Gasteiger partial charge in [0.15, 0.2) is 5.65 Å². The lowest BCUT2D eigenvalue weighted by molar-refractivity contribution is 0.190. The number of aryl methyl sites for hydroxylation is 2. The number of pyridine rings is 1. The number of imidazole rings is 1. The van der Waals surface area contributed by atoms with E-state index in [0.717, 1.165) is 0 Å². The quantitative estimate of drug-likeness (QED) is 0.318. The third-order valence-electron chi connectivity index (χ3n) is 7.48. The van der Waals surface area contributed by atoms with Gasteiger partial charge in [0, 0.05) is 37.8 Å². The molecule has 2 atom stereocenters. The van der Waals surface area contributed by atoms with Crippen LogP contribution in [-0.2, 0) is 24.1 Å². The number of nitrogens with zero attached hydrogens (tertiary/aromatic N) is 6. The Labute approximate surface area is 228 Å². The fraction of sp³-hybridized carbons (Fsp3) is 0.308. The molecule has 0 radical (unpaired) electrons. The first-order valence-corrected chi connectivity index (χ1v) is 14.0. The Morgan fingerprint density at radius 2 is 1.93 bits per heavy atom. The third-order valence-corrected chi connectivity index (χ3v) is 9.20. The zero-order valence-corrected chi connectivity index (χ0v) is 22.8. The largest absolute Gasteiger partial charge is 0.479 e. The van der Waals surface area contributed by atoms with Crippen molar-refractivity contribution in [3.63, 3.8) is 0 Å². The van der Waals surface area contributed by atoms with Crippen molar-refractivity contribution in [1.82, 2.24) is 33.2 Å². The SMILES string of the molecule is COc1nn(C)cc1-c1cc2c(ncc3c2n([C@@H]2CC[C@@H](NC(=O)O)C2)c(=O)n3C)n1S(=O)(=O)c1ccccc1. The van der Waals surface area contributed by atoms with Gasteiger partial charge in [-0.15, -0.1) is 5.10 Å². The van der Waals surface area contributed by atoms with Crippen molar-refractivity contribution >= 4 is 38.2 Å². The van der Waals surface area contributed by atoms with Gasteiger partial charge < -0.3 is 15.2 Å². The summed E-state index contributed by atoms with van der Waals surface area (Å²) in [5.74, 6) is 0.231. The van der Waals surface area contributed by atoms with Gasteiger partial charge in [-0.05, 0) is 37.5 Å². The van der Waals surface area contributed by atoms with E-state index in [-0.39, 0.29) is 39.9 Å². The number of amides is 1. The first-order chi connectivity index (χ1) is 19.1. The Morgan fingerprint density at radius 3 is 2.62 bits per heavy atom. The minimum absolute atomic E-state index is 0.0716. The van der Waals surface area contributed by atoms with Crippen LogP contribution in [0.4, 0.5) is 4.79 Å². The monoisotopic (exact) mass is 565 g/mol. The fourth-order valence-corrected chi connectivity index (χ4v) is 7.21. The van der Waals surface area contributed by atoms with Crippen molar-refractivity contribution in [1.29, 1.82) is 0 Å². The minimum atomic E-state index is -4.15. The van der Waals surface area contributed by atoms with Gasteiger partial charge in [0.25, 0.3) is 10.0 Å². The summed E-state index contributed by atoms with van der Waals surface area (Å²) in [6.45, 7) is 0. The standard InChI is InChI=1S/C26H27N7O6S/c1-30-14-19(24(29-30)39-3)20-12-18-22-21(13-27-23(18)33(20)40(37,38)17-7-5-4-6-8-17)31(2)26(36)32(22)16-10-9-15(11-16)28-25(34)35/h4-8,12-16,28H,9-11H2,1-3H3,(H,34,35)/t15-,16-/m1/s1. The van der Waals surface area contributed by atoms with Crippen LogP contribution in [-0.4, -0.2) is 60.6 Å². The third kappa shape index (κ3) is 3.86. The van der Waals surface area contributed by atoms with Gasteiger partial charge in [-0.3, -0.25) is 13.8 Å². The summed E-state index contributed by atoms with van der Waals surface area (Å²) >= 11 is 0. The van der Waals surface area contributed by atoms with E-state index >= 15 is 0 Å². The summed E-state index contributed by atoms with van der Waals surface area (Å²) in [5, 5.41) is 16.5. The summed E-state index contributed by atoms with van der Waals surface area (Å²) < 4.78 is 39.5. The van der Waals surface area contributed by atoms with E-state index in [1.54, 1.807) is 49.1 Å². The maximum absolute atomic E-state index is 14.1. The summed E-state index contributed by atoms with van der Waals surface area (Å²) in [7, 11) is 0.649. The number of nitrogens with one attached hydrogen (secondary N) is 1. The number of rotatable bonds is 6. The number of hydrogen-bond donors (Lipinski definition) is 2. The molecule has 1 aliphatic rings. The number of carboxylic acid groups (broad SMARTS) is 1. The molecule has 4 heterocycles. The Kier molecular flexibility index (Phi) is 5.94. The van der Waals surface area contributed by atoms with Crippen LogP contribution in [0.15, 0.2) is 58.5 Å². The molecular weight excluding hydrogens is 538 g/mol. The second-order valence-electron chi connectivity index (χ2n) is 9.89. The normalized spacial score (nSPS) is 17.6. The van der Waals surface area contributed by atoms with Crippen LogP contribution in [0.3, 0.4) is 0 Å². The number of benzene rings is 1. The van der Waals surface area contributed by atoms with E-state index in [1.165, 1.54) is 38.7 Å². The average molecular weight is 566 g/mol. The molecule has 1 amide bonds. The maximum Gasteiger partial charge on any atom is 0.404 e. The average Bonchev–Trinajstić information content (AvgIpc) is 3.68. The predicted octanol–water partition coefficient (Wildman–Crippen LogP) is 2.70. The van der Waals surface area contributed by atoms with Gasteiger partial charge in [0.05, 0.1) is 40.5 Å². The molecule has 1 aliphatic carbocycles. The van der Waals surface area contributed by atoms with Crippen LogP contribution >= 0.6 is 0 Å². The lowest BCUT2D eigenvalue weighted by Crippen LogP contribution is -2.32. The van der Waals surface area contributed by atoms with Gasteiger partial charge in [0.1, 0.15) is 0 Å². The first kappa shape index (κ1) is 25.7. The van der Waals surface area contributed by atoms with E-state index in [2.05, 4.69) is 15.4 Å². The molecule has 208 valence electrons. The summed E-state index contributed by atoms with van der Waals surface area (Å²) in [4.78, 5) is 29.4. The smallest absolute Gasteiger partial charge is 0.404 e. The van der Waals surface area contributed by atoms with Crippen LogP contribution in [0, 0.1) is 0 Å². The highest BCUT2D eigenvalue weighted by Crippen LogP contribution is 2.39. The topological polar surface area (TPSA) is 155 Å². The van der Waals surface area contributed by atoms with E-state index in [9.17, 15) is 23.1 Å². The predicted molar refractivity (Wildman–Crippen MR) is 146 cm³/mol. The van der Waals surface area contributed by atoms with E-state index < -0.39 is 16.1 Å². The molecule has 1 aromatic carbocycles. The Bertz CT molecular complexity index is 1950. The zero-order valence-electron chi connectivity index (χ0n) is 22.0. The number of methoxy groups -OCH3 is 1. The molecular formula is C26H27N7O6S. The molecule has 5 aromatic rings. The Balaban J connectivity index is 1.68. The van der Waals surface area contributed by atoms with Crippen LogP contribution < -0.4 is 15.7 Å². The summed E-state index contributed by atoms with van der Waals surface area (Å²) in [5.41, 5.74) is 1.64. The molecule has 4 aromatic heterocycles. The highest BCUT2D eigenvalue weighted by molar-refractivity contribution is 7.90. The highest BCUT2D eigenvalue weighted by Gasteiger charge is 2.33. The van der Waals surface area contributed by atoms with Crippen LogP contribution in [0.25, 0.3) is 33.3 Å². The number of aromatic nitrogens is 6. The molecule has 14 heteroatoms. The zero-order chi connectivity index (χ0) is 28.3. The van der Waals surface area contributed by atoms with Gasteiger partial charge in [-0.1, -0.05) is 18.2 Å². The van der Waals surface area contributed by atoms with Crippen LogP contribution in [0.2, 0.25) is 0 Å². The second kappa shape index (κ2) is 9.26. The van der Waals surface area contributed by atoms with Gasteiger partial charge in [-0.2, -0.15) is 0 Å². The number of fused-ring (bicyclic) bond motifs is 3. The summed E-state index contributed by atoms with van der Waals surface area (Å²) in [6.07, 6.45) is 3.65. The van der Waals surface area contributed by atoms with Gasteiger partial charge in [-0.25, -0.2) is 27.0 Å². The van der Waals surface area contributed by atoms with E-state index in [1.807, 2.05) is 0 Å². The highest BCUT2D eigenvalue weighted by atomic mass is 32.2. The minimum Gasteiger partial charge on any atom is -0.479 e. The Morgan fingerprint density at radius 1 is 1.18 bits per heavy atom. The molecule has 1 saturated carbocycles. The molecule has 1 fully saturated rings. The fourth-order valence-electron chi connectivity index (χ4n) is 5.72. The van der Waals surface area contributed by atoms with E-state index in [4.69, 9.17) is 4.74 Å². The van der Waals surface area contributed by atoms with Crippen molar-refractivity contribution < 1.29 is 23.1 Å². The molecule has 2 N–H and O–H groups in total. The first-order valence-electron chi connectivity index (χ1n) is 12.6. The van der Waals surface area contributed by atoms with Crippen molar-refractivity contribution in [3.05, 3.63) is 59.3 Å². The number of ether oxygens (including phenoxy) is 1. The summed E-state index contributed by atoms with van der Waals surface area (Å²) in [6, 6.07) is 9.16. The molecule has 0 spiro atoms. The number of hydrogen-bond acceptors (Lipinski definition) is 7. The molecule has 0 unspecified atom stereocenters. The van der Waals surface area contributed by atoms with Crippen molar-refractivity contribution in [3.8, 4) is 17.1 Å². The lowest BCUT2D eigenvalue weighted by atomic mass is 10.2. The Hall–Kier alpha value is -4.59. The van der Waals surface area contributed by atoms with Crippen molar-refractivity contribution in [2.24, 2.45) is 14.1 Å². The molecule has 40 heavy (non-hydrogen) atoms. The lowest BCUT2D eigenvalue weighted by Gasteiger charge is -2.14. The van der Waals surface area contributed by atoms with Crippen LogP contribution in [0.5, 0.6) is 5.88 Å². The second-order valence-corrected chi connectivity index (χ2v) is 11.7. The molecule has 0 bridgehead atoms. The van der Waals surface area contributed by atoms with Gasteiger partial charge in [0.2, 0.25) is 5.88 Å². The molecule has 0 saturated heterocycles. The molecule has 13 nitrogen and oxygen atoms in total. The van der Waals surface area contributed by atoms with Crippen LogP contribution in [0.1, 0.15) is 25.3 Å². The van der Waals surface area contributed by atoms with Crippen molar-refractivity contribution in [2.75, 3.05) is 7.11 Å². The molecule has 0 aliphatic heterocycles.